The van der Waals surface area contributed by atoms with Gasteiger partial charge in [0.25, 0.3) is 0 Å². The van der Waals surface area contributed by atoms with Crippen molar-refractivity contribution in [3.63, 3.8) is 0 Å². The Labute approximate surface area is 241 Å². The molecule has 8 atom stereocenters. The van der Waals surface area contributed by atoms with Crippen LogP contribution in [0.15, 0.2) is 23.3 Å². The Morgan fingerprint density at radius 2 is 1.75 bits per heavy atom. The number of carbonyl (C=O) groups excluding carboxylic acids is 3. The molecule has 1 amide bonds. The Balaban J connectivity index is 1.64. The number of nitriles is 1. The van der Waals surface area contributed by atoms with Crippen molar-refractivity contribution < 1.29 is 14.4 Å². The molecule has 0 N–H and O–H groups in total. The van der Waals surface area contributed by atoms with Gasteiger partial charge in [0.2, 0.25) is 5.91 Å². The first kappa shape index (κ1) is 29.3. The van der Waals surface area contributed by atoms with Gasteiger partial charge in [-0.3, -0.25) is 9.59 Å². The van der Waals surface area contributed by atoms with Gasteiger partial charge in [-0.25, -0.2) is 0 Å². The molecular formula is C35H50N2O3. The predicted molar refractivity (Wildman–Crippen MR) is 157 cm³/mol. The lowest BCUT2D eigenvalue weighted by Gasteiger charge is -2.69. The molecule has 3 saturated carbocycles. The average Bonchev–Trinajstić information content (AvgIpc) is 3.33. The molecule has 5 unspecified atom stereocenters. The number of amides is 1. The van der Waals surface area contributed by atoms with E-state index in [0.29, 0.717) is 12.0 Å². The van der Waals surface area contributed by atoms with Crippen molar-refractivity contribution in [3.05, 3.63) is 23.3 Å². The number of ketones is 1. The summed E-state index contributed by atoms with van der Waals surface area (Å²) >= 11 is 0. The van der Waals surface area contributed by atoms with Crippen molar-refractivity contribution in [1.29, 1.82) is 5.26 Å². The molecule has 5 nitrogen and oxygen atoms in total. The van der Waals surface area contributed by atoms with Crippen LogP contribution in [0.3, 0.4) is 0 Å². The van der Waals surface area contributed by atoms with Crippen LogP contribution in [0.5, 0.6) is 0 Å². The smallest absolute Gasteiger partial charge is 0.223 e. The molecule has 4 aliphatic carbocycles. The van der Waals surface area contributed by atoms with Gasteiger partial charge in [-0.2, -0.15) is 5.26 Å². The third-order valence-electron chi connectivity index (χ3n) is 13.4. The number of aldehydes is 1. The topological polar surface area (TPSA) is 78.2 Å². The van der Waals surface area contributed by atoms with E-state index < -0.39 is 10.8 Å². The number of likely N-dealkylation sites (tertiary alicyclic amines) is 1. The van der Waals surface area contributed by atoms with Gasteiger partial charge in [0.15, 0.2) is 5.78 Å². The number of nitrogens with zero attached hydrogens (tertiary/aromatic N) is 2. The van der Waals surface area contributed by atoms with Gasteiger partial charge in [0, 0.05) is 40.8 Å². The highest BCUT2D eigenvalue weighted by Gasteiger charge is 2.68. The number of hydrogen-bond donors (Lipinski definition) is 0. The molecule has 5 rings (SSSR count). The van der Waals surface area contributed by atoms with Crippen LogP contribution in [0, 0.1) is 56.2 Å². The standard InChI is InChI=1S/C35H50N2O3/c1-23(21-36)19-33(6)26(30(2,3)22-38)11-12-34(7)27(33)18-25(39)29-24-20-32(5,37-17-9-10-28(37)40)15-13-31(24,4)14-16-35(29,34)8/h18-19,22,24,26,29H,9-17,20H2,1-8H3/b23-19+/t24?,26-,29?,31?,32-,33?,34?,35+/m0/s1. The Kier molecular flexibility index (Phi) is 6.69. The second-order valence-electron chi connectivity index (χ2n) is 16.1. The molecule has 4 fully saturated rings. The summed E-state index contributed by atoms with van der Waals surface area (Å²) in [5.41, 5.74) is 0.0793. The highest BCUT2D eigenvalue weighted by molar-refractivity contribution is 5.95. The quantitative estimate of drug-likeness (QED) is 0.276. The van der Waals surface area contributed by atoms with Crippen LogP contribution in [0.1, 0.15) is 113 Å². The van der Waals surface area contributed by atoms with Crippen LogP contribution in [-0.4, -0.2) is 35.0 Å². The summed E-state index contributed by atoms with van der Waals surface area (Å²) in [4.78, 5) is 42.0. The second kappa shape index (κ2) is 9.14. The number of carbonyl (C=O) groups is 3. The van der Waals surface area contributed by atoms with Gasteiger partial charge < -0.3 is 9.69 Å². The highest BCUT2D eigenvalue weighted by atomic mass is 16.2. The van der Waals surface area contributed by atoms with Crippen LogP contribution in [0.2, 0.25) is 0 Å². The monoisotopic (exact) mass is 546 g/mol. The van der Waals surface area contributed by atoms with E-state index >= 15 is 0 Å². The normalized spacial score (nSPS) is 45.7. The van der Waals surface area contributed by atoms with Crippen LogP contribution < -0.4 is 0 Å². The first-order chi connectivity index (χ1) is 18.5. The lowest BCUT2D eigenvalue weighted by Crippen LogP contribution is -2.65. The van der Waals surface area contributed by atoms with E-state index in [-0.39, 0.29) is 51.2 Å². The predicted octanol–water partition coefficient (Wildman–Crippen LogP) is 7.22. The Bertz CT molecular complexity index is 1240. The van der Waals surface area contributed by atoms with Crippen LogP contribution in [0.25, 0.3) is 0 Å². The number of rotatable bonds is 4. The average molecular weight is 547 g/mol. The molecule has 0 radical (unpaired) electrons. The molecule has 0 aromatic rings. The maximum absolute atomic E-state index is 14.6. The maximum Gasteiger partial charge on any atom is 0.223 e. The van der Waals surface area contributed by atoms with E-state index in [4.69, 9.17) is 0 Å². The van der Waals surface area contributed by atoms with Gasteiger partial charge >= 0.3 is 0 Å². The second-order valence-corrected chi connectivity index (χ2v) is 16.1. The van der Waals surface area contributed by atoms with Crippen LogP contribution in [-0.2, 0) is 14.4 Å². The summed E-state index contributed by atoms with van der Waals surface area (Å²) in [5, 5.41) is 9.79. The summed E-state index contributed by atoms with van der Waals surface area (Å²) in [6.07, 6.45) is 13.6. The Hall–Kier alpha value is -2.22. The van der Waals surface area contributed by atoms with Crippen molar-refractivity contribution in [2.45, 2.75) is 119 Å². The molecule has 5 aliphatic rings. The fraction of sp³-hybridized carbons (Fsp3) is 0.771. The SMILES string of the molecule is C/C(C#N)=C\C1(C)C2=CC(=O)C3C4C[C@@](C)(N5CCCC5=O)CCC4(C)CC[C@@]3(C)C2(C)CC[C@H]1C(C)(C)C=O. The Morgan fingerprint density at radius 3 is 2.35 bits per heavy atom. The zero-order valence-electron chi connectivity index (χ0n) is 26.2. The molecular weight excluding hydrogens is 496 g/mol. The van der Waals surface area contributed by atoms with Gasteiger partial charge in [-0.15, -0.1) is 0 Å². The van der Waals surface area contributed by atoms with Gasteiger partial charge in [-0.1, -0.05) is 53.2 Å². The third-order valence-corrected chi connectivity index (χ3v) is 13.4. The molecule has 1 aliphatic heterocycles. The first-order valence-electron chi connectivity index (χ1n) is 15.6. The molecule has 1 heterocycles. The van der Waals surface area contributed by atoms with E-state index in [2.05, 4.69) is 51.7 Å². The minimum atomic E-state index is -0.581. The lowest BCUT2D eigenvalue weighted by molar-refractivity contribution is -0.171. The Morgan fingerprint density at radius 1 is 1.07 bits per heavy atom. The van der Waals surface area contributed by atoms with Crippen molar-refractivity contribution in [2.75, 3.05) is 6.54 Å². The third kappa shape index (κ3) is 3.87. The maximum atomic E-state index is 14.6. The molecule has 5 heteroatoms. The molecule has 0 bridgehead atoms. The fourth-order valence-electron chi connectivity index (χ4n) is 10.8. The van der Waals surface area contributed by atoms with Crippen molar-refractivity contribution in [2.24, 2.45) is 44.8 Å². The lowest BCUT2D eigenvalue weighted by atomic mass is 9.35. The molecule has 0 spiro atoms. The van der Waals surface area contributed by atoms with Crippen molar-refractivity contribution in [1.82, 2.24) is 4.90 Å². The van der Waals surface area contributed by atoms with Crippen LogP contribution >= 0.6 is 0 Å². The zero-order chi connectivity index (χ0) is 29.5. The molecule has 1 saturated heterocycles. The molecule has 40 heavy (non-hydrogen) atoms. The number of allylic oxidation sites excluding steroid dienone is 4. The number of hydrogen-bond acceptors (Lipinski definition) is 4. The summed E-state index contributed by atoms with van der Waals surface area (Å²) in [6, 6.07) is 2.32. The van der Waals surface area contributed by atoms with Gasteiger partial charge in [0.1, 0.15) is 6.29 Å². The van der Waals surface area contributed by atoms with E-state index in [0.717, 1.165) is 69.8 Å². The summed E-state index contributed by atoms with van der Waals surface area (Å²) in [5.74, 6) is 0.647. The van der Waals surface area contributed by atoms with E-state index in [1.165, 1.54) is 0 Å². The van der Waals surface area contributed by atoms with E-state index in [9.17, 15) is 19.6 Å². The summed E-state index contributed by atoms with van der Waals surface area (Å²) < 4.78 is 0. The largest absolute Gasteiger partial charge is 0.337 e. The van der Waals surface area contributed by atoms with E-state index in [1.807, 2.05) is 26.8 Å². The van der Waals surface area contributed by atoms with E-state index in [1.54, 1.807) is 0 Å². The zero-order valence-corrected chi connectivity index (χ0v) is 26.2. The van der Waals surface area contributed by atoms with Crippen molar-refractivity contribution >= 4 is 18.0 Å². The minimum Gasteiger partial charge on any atom is -0.337 e. The number of fused-ring (bicyclic) bond motifs is 5. The first-order valence-corrected chi connectivity index (χ1v) is 15.6. The minimum absolute atomic E-state index is 0.00100. The van der Waals surface area contributed by atoms with Crippen molar-refractivity contribution in [3.8, 4) is 6.07 Å². The van der Waals surface area contributed by atoms with Crippen LogP contribution in [0.4, 0.5) is 0 Å². The molecule has 218 valence electrons. The van der Waals surface area contributed by atoms with Gasteiger partial charge in [-0.05, 0) is 99.4 Å². The van der Waals surface area contributed by atoms with Gasteiger partial charge in [0.05, 0.1) is 6.07 Å². The highest BCUT2D eigenvalue weighted by Crippen LogP contribution is 2.73. The molecule has 0 aromatic heterocycles. The summed E-state index contributed by atoms with van der Waals surface area (Å²) in [7, 11) is 0. The molecule has 0 aromatic carbocycles. The summed E-state index contributed by atoms with van der Waals surface area (Å²) in [6.45, 7) is 18.3. The fourth-order valence-corrected chi connectivity index (χ4v) is 10.8.